The highest BCUT2D eigenvalue weighted by atomic mass is 79.9. The minimum Gasteiger partial charge on any atom is -0.355 e. The van der Waals surface area contributed by atoms with Crippen molar-refractivity contribution in [2.45, 2.75) is 19.3 Å². The Labute approximate surface area is 111 Å². The molecule has 3 nitrogen and oxygen atoms in total. The van der Waals surface area contributed by atoms with Gasteiger partial charge in [0.1, 0.15) is 0 Å². The summed E-state index contributed by atoms with van der Waals surface area (Å²) in [4.78, 5) is 11.6. The molecule has 0 aromatic heterocycles. The van der Waals surface area contributed by atoms with Crippen LogP contribution in [0.1, 0.15) is 24.8 Å². The van der Waals surface area contributed by atoms with Crippen LogP contribution in [-0.4, -0.2) is 26.0 Å². The zero-order valence-corrected chi connectivity index (χ0v) is 11.9. The smallest absolute Gasteiger partial charge is 0.220 e. The zero-order chi connectivity index (χ0) is 12.7. The van der Waals surface area contributed by atoms with Gasteiger partial charge in [0.2, 0.25) is 5.91 Å². The number of rotatable bonds is 6. The molecule has 0 radical (unpaired) electrons. The Morgan fingerprint density at radius 2 is 1.94 bits per heavy atom. The lowest BCUT2D eigenvalue weighted by atomic mass is 9.98. The Hall–Kier alpha value is -0.870. The van der Waals surface area contributed by atoms with E-state index in [-0.39, 0.29) is 11.8 Å². The van der Waals surface area contributed by atoms with E-state index in [9.17, 15) is 4.79 Å². The van der Waals surface area contributed by atoms with E-state index in [2.05, 4.69) is 45.6 Å². The molecule has 1 atom stereocenters. The predicted octanol–water partition coefficient (Wildman–Crippen LogP) is 2.28. The van der Waals surface area contributed by atoms with E-state index in [1.807, 2.05) is 19.2 Å². The minimum absolute atomic E-state index is 0.107. The first kappa shape index (κ1) is 14.2. The molecule has 0 spiro atoms. The molecule has 0 aliphatic heterocycles. The summed E-state index contributed by atoms with van der Waals surface area (Å²) in [5.74, 6) is 0.355. The summed E-state index contributed by atoms with van der Waals surface area (Å²) in [5, 5.41) is 5.88. The second-order valence-electron chi connectivity index (χ2n) is 4.11. The molecule has 0 fully saturated rings. The van der Waals surface area contributed by atoms with Crippen LogP contribution in [-0.2, 0) is 4.79 Å². The predicted molar refractivity (Wildman–Crippen MR) is 74.1 cm³/mol. The standard InChI is InChI=1S/C13H19BrN2O/c1-10(9-13(17)16-8-7-15-2)11-3-5-12(14)6-4-11/h3-6,10,15H,7-9H2,1-2H3,(H,16,17). The maximum absolute atomic E-state index is 11.6. The van der Waals surface area contributed by atoms with Crippen molar-refractivity contribution < 1.29 is 4.79 Å². The molecule has 1 aromatic carbocycles. The molecule has 0 aliphatic rings. The fourth-order valence-corrected chi connectivity index (χ4v) is 1.85. The Morgan fingerprint density at radius 3 is 2.53 bits per heavy atom. The molecule has 0 bridgehead atoms. The number of halogens is 1. The van der Waals surface area contributed by atoms with Crippen molar-refractivity contribution in [3.8, 4) is 0 Å². The van der Waals surface area contributed by atoms with Gasteiger partial charge in [-0.3, -0.25) is 4.79 Å². The first-order chi connectivity index (χ1) is 8.13. The quantitative estimate of drug-likeness (QED) is 0.791. The Balaban J connectivity index is 2.40. The highest BCUT2D eigenvalue weighted by molar-refractivity contribution is 9.10. The van der Waals surface area contributed by atoms with E-state index in [4.69, 9.17) is 0 Å². The molecule has 1 rings (SSSR count). The lowest BCUT2D eigenvalue weighted by Crippen LogP contribution is -2.31. The van der Waals surface area contributed by atoms with Gasteiger partial charge in [-0.15, -0.1) is 0 Å². The SMILES string of the molecule is CNCCNC(=O)CC(C)c1ccc(Br)cc1. The summed E-state index contributed by atoms with van der Waals surface area (Å²) in [6.07, 6.45) is 0.533. The number of nitrogens with one attached hydrogen (secondary N) is 2. The molecule has 17 heavy (non-hydrogen) atoms. The van der Waals surface area contributed by atoms with Crippen LogP contribution in [0.25, 0.3) is 0 Å². The zero-order valence-electron chi connectivity index (χ0n) is 10.3. The molecule has 4 heteroatoms. The second-order valence-corrected chi connectivity index (χ2v) is 5.03. The number of amides is 1. The molecular weight excluding hydrogens is 280 g/mol. The number of hydrogen-bond acceptors (Lipinski definition) is 2. The summed E-state index contributed by atoms with van der Waals surface area (Å²) in [7, 11) is 1.87. The Bertz CT molecular complexity index is 351. The number of likely N-dealkylation sites (N-methyl/N-ethyl adjacent to an activating group) is 1. The molecular formula is C13H19BrN2O. The Kier molecular flexibility index (Phi) is 6.22. The third-order valence-electron chi connectivity index (χ3n) is 2.63. The van der Waals surface area contributed by atoms with Gasteiger partial charge in [-0.1, -0.05) is 35.0 Å². The monoisotopic (exact) mass is 298 g/mol. The fraction of sp³-hybridized carbons (Fsp3) is 0.462. The van der Waals surface area contributed by atoms with Gasteiger partial charge in [-0.2, -0.15) is 0 Å². The van der Waals surface area contributed by atoms with Gasteiger partial charge in [0.15, 0.2) is 0 Å². The van der Waals surface area contributed by atoms with E-state index >= 15 is 0 Å². The van der Waals surface area contributed by atoms with E-state index < -0.39 is 0 Å². The molecule has 2 N–H and O–H groups in total. The number of carbonyl (C=O) groups excluding carboxylic acids is 1. The molecule has 94 valence electrons. The third-order valence-corrected chi connectivity index (χ3v) is 3.16. The highest BCUT2D eigenvalue weighted by Gasteiger charge is 2.10. The molecule has 0 heterocycles. The summed E-state index contributed by atoms with van der Waals surface area (Å²) >= 11 is 3.40. The summed E-state index contributed by atoms with van der Waals surface area (Å²) < 4.78 is 1.06. The normalized spacial score (nSPS) is 12.2. The van der Waals surface area contributed by atoms with Crippen LogP contribution in [0.15, 0.2) is 28.7 Å². The van der Waals surface area contributed by atoms with Gasteiger partial charge < -0.3 is 10.6 Å². The van der Waals surface area contributed by atoms with Crippen LogP contribution in [0, 0.1) is 0 Å². The van der Waals surface area contributed by atoms with E-state index in [1.165, 1.54) is 5.56 Å². The third kappa shape index (κ3) is 5.33. The van der Waals surface area contributed by atoms with Crippen LogP contribution in [0.4, 0.5) is 0 Å². The van der Waals surface area contributed by atoms with Crippen molar-refractivity contribution in [2.75, 3.05) is 20.1 Å². The molecule has 0 saturated heterocycles. The Morgan fingerprint density at radius 1 is 1.29 bits per heavy atom. The molecule has 1 unspecified atom stereocenters. The molecule has 0 saturated carbocycles. The van der Waals surface area contributed by atoms with Crippen molar-refractivity contribution in [2.24, 2.45) is 0 Å². The largest absolute Gasteiger partial charge is 0.355 e. The lowest BCUT2D eigenvalue weighted by Gasteiger charge is -2.12. The fourth-order valence-electron chi connectivity index (χ4n) is 1.59. The molecule has 0 aliphatic carbocycles. The van der Waals surface area contributed by atoms with Crippen molar-refractivity contribution in [3.63, 3.8) is 0 Å². The van der Waals surface area contributed by atoms with Gasteiger partial charge in [0.05, 0.1) is 0 Å². The van der Waals surface area contributed by atoms with Crippen molar-refractivity contribution >= 4 is 21.8 Å². The first-order valence-electron chi connectivity index (χ1n) is 5.80. The van der Waals surface area contributed by atoms with Crippen molar-refractivity contribution in [1.82, 2.24) is 10.6 Å². The molecule has 1 aromatic rings. The average molecular weight is 299 g/mol. The minimum atomic E-state index is 0.107. The van der Waals surface area contributed by atoms with Crippen LogP contribution < -0.4 is 10.6 Å². The van der Waals surface area contributed by atoms with Crippen LogP contribution >= 0.6 is 15.9 Å². The molecule has 1 amide bonds. The van der Waals surface area contributed by atoms with Crippen LogP contribution in [0.3, 0.4) is 0 Å². The van der Waals surface area contributed by atoms with E-state index in [0.717, 1.165) is 11.0 Å². The van der Waals surface area contributed by atoms with Gasteiger partial charge in [0.25, 0.3) is 0 Å². The van der Waals surface area contributed by atoms with Gasteiger partial charge in [-0.25, -0.2) is 0 Å². The van der Waals surface area contributed by atoms with Crippen LogP contribution in [0.5, 0.6) is 0 Å². The number of carbonyl (C=O) groups is 1. The maximum Gasteiger partial charge on any atom is 0.220 e. The summed E-state index contributed by atoms with van der Waals surface area (Å²) in [6.45, 7) is 3.56. The topological polar surface area (TPSA) is 41.1 Å². The maximum atomic E-state index is 11.6. The lowest BCUT2D eigenvalue weighted by molar-refractivity contribution is -0.121. The van der Waals surface area contributed by atoms with E-state index in [1.54, 1.807) is 0 Å². The van der Waals surface area contributed by atoms with E-state index in [0.29, 0.717) is 13.0 Å². The summed E-state index contributed by atoms with van der Waals surface area (Å²) in [6, 6.07) is 8.11. The van der Waals surface area contributed by atoms with Gasteiger partial charge >= 0.3 is 0 Å². The average Bonchev–Trinajstić information content (AvgIpc) is 2.30. The van der Waals surface area contributed by atoms with Crippen molar-refractivity contribution in [1.29, 1.82) is 0 Å². The number of benzene rings is 1. The van der Waals surface area contributed by atoms with Gasteiger partial charge in [-0.05, 0) is 30.7 Å². The van der Waals surface area contributed by atoms with Crippen molar-refractivity contribution in [3.05, 3.63) is 34.3 Å². The highest BCUT2D eigenvalue weighted by Crippen LogP contribution is 2.20. The first-order valence-corrected chi connectivity index (χ1v) is 6.59. The second kappa shape index (κ2) is 7.45. The van der Waals surface area contributed by atoms with Crippen LogP contribution in [0.2, 0.25) is 0 Å². The van der Waals surface area contributed by atoms with Gasteiger partial charge in [0, 0.05) is 24.0 Å². The summed E-state index contributed by atoms with van der Waals surface area (Å²) in [5.41, 5.74) is 1.19. The number of hydrogen-bond donors (Lipinski definition) is 2.